The lowest BCUT2D eigenvalue weighted by Gasteiger charge is -2.43. The lowest BCUT2D eigenvalue weighted by Crippen LogP contribution is -2.44. The van der Waals surface area contributed by atoms with Gasteiger partial charge in [-0.25, -0.2) is 4.39 Å². The van der Waals surface area contributed by atoms with Crippen molar-refractivity contribution in [3.63, 3.8) is 0 Å². The van der Waals surface area contributed by atoms with E-state index in [0.717, 1.165) is 25.9 Å². The van der Waals surface area contributed by atoms with Gasteiger partial charge in [-0.2, -0.15) is 8.42 Å². The zero-order valence-corrected chi connectivity index (χ0v) is 17.3. The number of benzene rings is 1. The van der Waals surface area contributed by atoms with Crippen LogP contribution < -0.4 is 0 Å². The number of aryl methyl sites for hydroxylation is 1. The molecule has 1 aliphatic carbocycles. The number of fused-ring (bicyclic) bond motifs is 1. The highest BCUT2D eigenvalue weighted by molar-refractivity contribution is 7.85. The van der Waals surface area contributed by atoms with Crippen LogP contribution in [-0.4, -0.2) is 37.2 Å². The molecular weight excluding hydrogens is 385 g/mol. The molecule has 1 fully saturated rings. The molecule has 148 valence electrons. The van der Waals surface area contributed by atoms with Gasteiger partial charge < -0.3 is 0 Å². The van der Waals surface area contributed by atoms with E-state index in [4.69, 9.17) is 4.55 Å². The van der Waals surface area contributed by atoms with E-state index >= 15 is 0 Å². The summed E-state index contributed by atoms with van der Waals surface area (Å²) in [6.07, 6.45) is 5.32. The minimum atomic E-state index is -3.67. The first kappa shape index (κ1) is 20.5. The van der Waals surface area contributed by atoms with E-state index in [9.17, 15) is 12.8 Å². The van der Waals surface area contributed by atoms with E-state index in [1.165, 1.54) is 28.8 Å². The second kappa shape index (κ2) is 7.99. The van der Waals surface area contributed by atoms with Gasteiger partial charge in [-0.1, -0.05) is 12.1 Å². The molecule has 2 atom stereocenters. The molecule has 4 nitrogen and oxygen atoms in total. The van der Waals surface area contributed by atoms with Crippen LogP contribution in [0.4, 0.5) is 4.39 Å². The van der Waals surface area contributed by atoms with Gasteiger partial charge in [0, 0.05) is 22.9 Å². The summed E-state index contributed by atoms with van der Waals surface area (Å²) in [6, 6.07) is 9.84. The van der Waals surface area contributed by atoms with Crippen LogP contribution in [0.25, 0.3) is 0 Å². The Bertz CT molecular complexity index is 875. The van der Waals surface area contributed by atoms with Crippen molar-refractivity contribution in [3.05, 3.63) is 57.5 Å². The van der Waals surface area contributed by atoms with Crippen molar-refractivity contribution in [1.82, 2.24) is 4.90 Å². The first-order chi connectivity index (χ1) is 12.7. The highest BCUT2D eigenvalue weighted by Gasteiger charge is 2.41. The molecule has 1 aromatic carbocycles. The second-order valence-corrected chi connectivity index (χ2v) is 10.1. The fraction of sp³-hybridized carbons (Fsp3) is 0.500. The van der Waals surface area contributed by atoms with E-state index in [0.29, 0.717) is 12.2 Å². The van der Waals surface area contributed by atoms with Crippen LogP contribution in [0.3, 0.4) is 0 Å². The molecule has 0 saturated carbocycles. The van der Waals surface area contributed by atoms with Gasteiger partial charge in [-0.3, -0.25) is 9.45 Å². The number of likely N-dealkylation sites (tertiary alicyclic amines) is 1. The minimum absolute atomic E-state index is 0.0767. The van der Waals surface area contributed by atoms with Crippen molar-refractivity contribution < 1.29 is 17.4 Å². The second-order valence-electron chi connectivity index (χ2n) is 7.61. The van der Waals surface area contributed by atoms with Crippen molar-refractivity contribution in [2.24, 2.45) is 0 Å². The third-order valence-corrected chi connectivity index (χ3v) is 6.62. The van der Waals surface area contributed by atoms with Crippen LogP contribution in [0.1, 0.15) is 48.1 Å². The molecule has 7 heteroatoms. The molecule has 0 radical (unpaired) electrons. The predicted molar refractivity (Wildman–Crippen MR) is 107 cm³/mol. The third kappa shape index (κ3) is 4.96. The molecule has 1 aliphatic heterocycles. The molecule has 27 heavy (non-hydrogen) atoms. The topological polar surface area (TPSA) is 57.6 Å². The molecule has 2 aromatic rings. The van der Waals surface area contributed by atoms with E-state index in [2.05, 4.69) is 29.3 Å². The van der Waals surface area contributed by atoms with E-state index in [1.54, 1.807) is 12.1 Å². The largest absolute Gasteiger partial charge is 0.293 e. The average molecular weight is 412 g/mol. The van der Waals surface area contributed by atoms with Crippen molar-refractivity contribution in [1.29, 1.82) is 0 Å². The molecule has 2 heterocycles. The number of thiophene rings is 1. The molecule has 1 saturated heterocycles. The summed E-state index contributed by atoms with van der Waals surface area (Å²) in [5.41, 5.74) is 2.65. The summed E-state index contributed by atoms with van der Waals surface area (Å²) in [4.78, 5) is 4.16. The SMILES string of the molecule is CC1(N2CCC(c3cccs3)C2)CCCc2cc(F)ccc21.CS(=O)(=O)O. The monoisotopic (exact) mass is 411 g/mol. The molecule has 4 rings (SSSR count). The molecule has 1 N–H and O–H groups in total. The Balaban J connectivity index is 0.000000376. The summed E-state index contributed by atoms with van der Waals surface area (Å²) in [7, 11) is -3.67. The van der Waals surface area contributed by atoms with Crippen LogP contribution in [0.5, 0.6) is 0 Å². The molecule has 0 bridgehead atoms. The van der Waals surface area contributed by atoms with Gasteiger partial charge >= 0.3 is 0 Å². The Morgan fingerprint density at radius 1 is 1.33 bits per heavy atom. The summed E-state index contributed by atoms with van der Waals surface area (Å²) in [5.74, 6) is 0.573. The Morgan fingerprint density at radius 2 is 2.07 bits per heavy atom. The van der Waals surface area contributed by atoms with Crippen LogP contribution in [0.15, 0.2) is 35.7 Å². The Hall–Kier alpha value is -1.28. The Labute approximate surface area is 164 Å². The lowest BCUT2D eigenvalue weighted by molar-refractivity contribution is 0.111. The van der Waals surface area contributed by atoms with E-state index in [1.807, 2.05) is 17.4 Å². The van der Waals surface area contributed by atoms with Crippen molar-refractivity contribution in [3.8, 4) is 0 Å². The van der Waals surface area contributed by atoms with Gasteiger partial charge in [0.1, 0.15) is 5.82 Å². The van der Waals surface area contributed by atoms with Gasteiger partial charge in [-0.15, -0.1) is 11.3 Å². The van der Waals surface area contributed by atoms with Crippen LogP contribution in [0, 0.1) is 5.82 Å². The first-order valence-corrected chi connectivity index (χ1v) is 11.9. The number of rotatable bonds is 2. The maximum Gasteiger partial charge on any atom is 0.261 e. The molecule has 2 aliphatic rings. The van der Waals surface area contributed by atoms with Crippen molar-refractivity contribution in [2.75, 3.05) is 19.3 Å². The van der Waals surface area contributed by atoms with Gasteiger partial charge in [0.05, 0.1) is 6.26 Å². The van der Waals surface area contributed by atoms with Gasteiger partial charge in [-0.05, 0) is 73.9 Å². The van der Waals surface area contributed by atoms with Gasteiger partial charge in [0.15, 0.2) is 0 Å². The maximum atomic E-state index is 13.6. The zero-order chi connectivity index (χ0) is 19.7. The molecule has 0 amide bonds. The summed E-state index contributed by atoms with van der Waals surface area (Å²) in [5, 5.41) is 2.18. The number of hydrogen-bond acceptors (Lipinski definition) is 4. The maximum absolute atomic E-state index is 13.6. The quantitative estimate of drug-likeness (QED) is 0.743. The van der Waals surface area contributed by atoms with Gasteiger partial charge in [0.2, 0.25) is 0 Å². The fourth-order valence-electron chi connectivity index (χ4n) is 4.35. The molecule has 2 unspecified atom stereocenters. The molecule has 0 spiro atoms. The normalized spacial score (nSPS) is 25.6. The summed E-state index contributed by atoms with van der Waals surface area (Å²) >= 11 is 1.88. The van der Waals surface area contributed by atoms with Crippen molar-refractivity contribution >= 4 is 21.5 Å². The number of nitrogens with zero attached hydrogens (tertiary/aromatic N) is 1. The summed E-state index contributed by atoms with van der Waals surface area (Å²) in [6.45, 7) is 4.64. The smallest absolute Gasteiger partial charge is 0.261 e. The number of hydrogen-bond donors (Lipinski definition) is 1. The van der Waals surface area contributed by atoms with Crippen LogP contribution in [0.2, 0.25) is 0 Å². The Morgan fingerprint density at radius 3 is 2.74 bits per heavy atom. The predicted octanol–water partition coefficient (Wildman–Crippen LogP) is 4.43. The first-order valence-electron chi connectivity index (χ1n) is 9.16. The zero-order valence-electron chi connectivity index (χ0n) is 15.7. The Kier molecular flexibility index (Phi) is 6.05. The highest BCUT2D eigenvalue weighted by atomic mass is 32.2. The lowest BCUT2D eigenvalue weighted by atomic mass is 9.76. The highest BCUT2D eigenvalue weighted by Crippen LogP contribution is 2.44. The number of halogens is 1. The van der Waals surface area contributed by atoms with Crippen molar-refractivity contribution in [2.45, 2.75) is 44.1 Å². The minimum Gasteiger partial charge on any atom is -0.293 e. The molecular formula is C20H26FNO3S2. The molecule has 1 aromatic heterocycles. The van der Waals surface area contributed by atoms with Gasteiger partial charge in [0.25, 0.3) is 10.1 Å². The van der Waals surface area contributed by atoms with E-state index < -0.39 is 10.1 Å². The van der Waals surface area contributed by atoms with Crippen LogP contribution >= 0.6 is 11.3 Å². The van der Waals surface area contributed by atoms with Crippen LogP contribution in [-0.2, 0) is 22.1 Å². The third-order valence-electron chi connectivity index (χ3n) is 5.59. The summed E-state index contributed by atoms with van der Waals surface area (Å²) < 4.78 is 39.4. The standard InChI is InChI=1S/C19H22FNS.CH4O3S/c1-19(9-2-4-14-12-16(20)6-7-17(14)19)21-10-8-15(13-21)18-5-3-11-22-18;1-5(2,3)4/h3,5-7,11-12,15H,2,4,8-10,13H2,1H3;1H3,(H,2,3,4). The average Bonchev–Trinajstić information content (AvgIpc) is 3.25. The fourth-order valence-corrected chi connectivity index (χ4v) is 5.20. The van der Waals surface area contributed by atoms with E-state index in [-0.39, 0.29) is 11.4 Å².